The number of carbonyl (C=O) groups is 1. The monoisotopic (exact) mass is 482 g/mol. The maximum Gasteiger partial charge on any atom is 0.341 e. The molecule has 0 saturated heterocycles. The fourth-order valence-electron chi connectivity index (χ4n) is 3.78. The van der Waals surface area contributed by atoms with E-state index < -0.39 is 21.8 Å². The Labute approximate surface area is 196 Å². The molecule has 2 aromatic carbocycles. The van der Waals surface area contributed by atoms with Crippen LogP contribution < -0.4 is 4.31 Å². The standard InChI is InChI=1S/C24H23FN4O4S/c1-4-33-24(30)20-14-26-23-21(16(2)27-28(23)3)22(20)29(15-17-8-6-5-7-9-17)34(31,32)19-12-10-18(25)11-13-19/h5-14H,4,15H2,1-3H3. The van der Waals surface area contributed by atoms with Gasteiger partial charge in [-0.1, -0.05) is 30.3 Å². The van der Waals surface area contributed by atoms with Crippen molar-refractivity contribution >= 4 is 32.7 Å². The molecule has 0 N–H and O–H groups in total. The SMILES string of the molecule is CCOC(=O)c1cnc2c(c(C)nn2C)c1N(Cc1ccccc1)S(=O)(=O)c1ccc(F)cc1. The Morgan fingerprint density at radius 2 is 1.79 bits per heavy atom. The first kappa shape index (κ1) is 23.4. The van der Waals surface area contributed by atoms with Crippen molar-refractivity contribution in [3.63, 3.8) is 0 Å². The Morgan fingerprint density at radius 1 is 1.12 bits per heavy atom. The molecule has 0 atom stereocenters. The van der Waals surface area contributed by atoms with Crippen LogP contribution in [0.15, 0.2) is 65.7 Å². The van der Waals surface area contributed by atoms with Crippen molar-refractivity contribution in [1.29, 1.82) is 0 Å². The number of fused-ring (bicyclic) bond motifs is 1. The molecule has 0 spiro atoms. The summed E-state index contributed by atoms with van der Waals surface area (Å²) < 4.78 is 49.4. The van der Waals surface area contributed by atoms with Crippen molar-refractivity contribution in [3.05, 3.63) is 83.4 Å². The van der Waals surface area contributed by atoms with E-state index in [9.17, 15) is 17.6 Å². The smallest absolute Gasteiger partial charge is 0.341 e. The molecule has 34 heavy (non-hydrogen) atoms. The Hall–Kier alpha value is -3.79. The predicted octanol–water partition coefficient (Wildman–Crippen LogP) is 3.99. The lowest BCUT2D eigenvalue weighted by Crippen LogP contribution is -2.32. The van der Waals surface area contributed by atoms with Gasteiger partial charge >= 0.3 is 5.97 Å². The average molecular weight is 483 g/mol. The third-order valence-corrected chi connectivity index (χ3v) is 7.08. The van der Waals surface area contributed by atoms with Crippen LogP contribution in [0.4, 0.5) is 10.1 Å². The van der Waals surface area contributed by atoms with Gasteiger partial charge in [0, 0.05) is 13.2 Å². The number of aromatic nitrogens is 3. The number of halogens is 1. The van der Waals surface area contributed by atoms with Crippen molar-refractivity contribution < 1.29 is 22.3 Å². The number of hydrogen-bond donors (Lipinski definition) is 0. The summed E-state index contributed by atoms with van der Waals surface area (Å²) in [6.45, 7) is 3.40. The number of ether oxygens (including phenoxy) is 1. The molecule has 0 radical (unpaired) electrons. The van der Waals surface area contributed by atoms with E-state index in [0.29, 0.717) is 22.3 Å². The average Bonchev–Trinajstić information content (AvgIpc) is 3.11. The van der Waals surface area contributed by atoms with E-state index in [1.54, 1.807) is 45.2 Å². The molecule has 2 aromatic heterocycles. The van der Waals surface area contributed by atoms with E-state index in [0.717, 1.165) is 16.4 Å². The van der Waals surface area contributed by atoms with Gasteiger partial charge in [-0.3, -0.25) is 8.99 Å². The van der Waals surface area contributed by atoms with Crippen molar-refractivity contribution in [2.75, 3.05) is 10.9 Å². The number of anilines is 1. The van der Waals surface area contributed by atoms with Crippen molar-refractivity contribution in [3.8, 4) is 0 Å². The number of rotatable bonds is 7. The normalized spacial score (nSPS) is 11.5. The highest BCUT2D eigenvalue weighted by Gasteiger charge is 2.33. The van der Waals surface area contributed by atoms with E-state index in [1.807, 2.05) is 6.07 Å². The zero-order valence-corrected chi connectivity index (χ0v) is 19.7. The van der Waals surface area contributed by atoms with Gasteiger partial charge in [-0.15, -0.1) is 0 Å². The highest BCUT2D eigenvalue weighted by molar-refractivity contribution is 7.92. The third kappa shape index (κ3) is 4.24. The summed E-state index contributed by atoms with van der Waals surface area (Å²) in [4.78, 5) is 17.2. The minimum atomic E-state index is -4.24. The van der Waals surface area contributed by atoms with E-state index in [-0.39, 0.29) is 29.3 Å². The molecule has 0 aliphatic heterocycles. The molecule has 0 aliphatic rings. The first-order valence-electron chi connectivity index (χ1n) is 10.6. The minimum absolute atomic E-state index is 0.00734. The number of aryl methyl sites for hydroxylation is 2. The molecule has 176 valence electrons. The van der Waals surface area contributed by atoms with Gasteiger partial charge in [0.2, 0.25) is 0 Å². The van der Waals surface area contributed by atoms with Crippen LogP contribution in [-0.2, 0) is 28.4 Å². The topological polar surface area (TPSA) is 94.4 Å². The second kappa shape index (κ2) is 9.22. The first-order chi connectivity index (χ1) is 16.2. The van der Waals surface area contributed by atoms with Crippen LogP contribution in [0.5, 0.6) is 0 Å². The molecule has 0 aliphatic carbocycles. The summed E-state index contributed by atoms with van der Waals surface area (Å²) >= 11 is 0. The van der Waals surface area contributed by atoms with Crippen molar-refractivity contribution in [2.45, 2.75) is 25.3 Å². The highest BCUT2D eigenvalue weighted by Crippen LogP contribution is 2.37. The Balaban J connectivity index is 2.04. The zero-order chi connectivity index (χ0) is 24.5. The van der Waals surface area contributed by atoms with Gasteiger partial charge < -0.3 is 4.74 Å². The summed E-state index contributed by atoms with van der Waals surface area (Å²) in [5.41, 5.74) is 1.70. The number of carbonyl (C=O) groups excluding carboxylic acids is 1. The van der Waals surface area contributed by atoms with Gasteiger partial charge in [0.15, 0.2) is 5.65 Å². The largest absolute Gasteiger partial charge is 0.462 e. The number of sulfonamides is 1. The van der Waals surface area contributed by atoms with Crippen LogP contribution in [0.3, 0.4) is 0 Å². The molecule has 0 unspecified atom stereocenters. The Morgan fingerprint density at radius 3 is 2.44 bits per heavy atom. The maximum atomic E-state index is 13.9. The number of nitrogens with zero attached hydrogens (tertiary/aromatic N) is 4. The number of benzene rings is 2. The summed E-state index contributed by atoms with van der Waals surface area (Å²) in [5, 5.41) is 4.80. The summed E-state index contributed by atoms with van der Waals surface area (Å²) in [6.07, 6.45) is 1.30. The molecule has 8 nitrogen and oxygen atoms in total. The molecule has 2 heterocycles. The second-order valence-electron chi connectivity index (χ2n) is 7.60. The van der Waals surface area contributed by atoms with E-state index >= 15 is 0 Å². The van der Waals surface area contributed by atoms with Gasteiger partial charge in [-0.2, -0.15) is 5.10 Å². The molecule has 0 fully saturated rings. The highest BCUT2D eigenvalue weighted by atomic mass is 32.2. The molecule has 0 saturated carbocycles. The lowest BCUT2D eigenvalue weighted by Gasteiger charge is -2.27. The molecule has 10 heteroatoms. The molecule has 4 rings (SSSR count). The van der Waals surface area contributed by atoms with Gasteiger partial charge in [0.1, 0.15) is 11.4 Å². The Bertz CT molecular complexity index is 1450. The molecule has 0 amide bonds. The van der Waals surface area contributed by atoms with Crippen molar-refractivity contribution in [2.24, 2.45) is 7.05 Å². The number of hydrogen-bond acceptors (Lipinski definition) is 6. The summed E-state index contributed by atoms with van der Waals surface area (Å²) in [5.74, 6) is -1.27. The maximum absolute atomic E-state index is 13.9. The number of pyridine rings is 1. The van der Waals surface area contributed by atoms with Gasteiger partial charge in [0.05, 0.1) is 34.8 Å². The van der Waals surface area contributed by atoms with Gasteiger partial charge in [-0.25, -0.2) is 22.6 Å². The van der Waals surface area contributed by atoms with Crippen LogP contribution in [0.2, 0.25) is 0 Å². The predicted molar refractivity (Wildman–Crippen MR) is 125 cm³/mol. The molecular formula is C24H23FN4O4S. The zero-order valence-electron chi connectivity index (χ0n) is 18.9. The molecule has 0 bridgehead atoms. The lowest BCUT2D eigenvalue weighted by atomic mass is 10.1. The summed E-state index contributed by atoms with van der Waals surface area (Å²) in [7, 11) is -2.56. The van der Waals surface area contributed by atoms with Crippen molar-refractivity contribution in [1.82, 2.24) is 14.8 Å². The fourth-order valence-corrected chi connectivity index (χ4v) is 5.26. The first-order valence-corrected chi connectivity index (χ1v) is 12.0. The molecular weight excluding hydrogens is 459 g/mol. The van der Waals surface area contributed by atoms with Crippen LogP contribution in [-0.4, -0.2) is 35.8 Å². The van der Waals surface area contributed by atoms with Gasteiger partial charge in [0.25, 0.3) is 10.0 Å². The van der Waals surface area contributed by atoms with Crippen LogP contribution in [0.25, 0.3) is 11.0 Å². The molecule has 4 aromatic rings. The summed E-state index contributed by atoms with van der Waals surface area (Å²) in [6, 6.07) is 13.5. The van der Waals surface area contributed by atoms with Crippen LogP contribution in [0.1, 0.15) is 28.5 Å². The third-order valence-electron chi connectivity index (χ3n) is 5.32. The van der Waals surface area contributed by atoms with Crippen LogP contribution in [0, 0.1) is 12.7 Å². The van der Waals surface area contributed by atoms with Crippen LogP contribution >= 0.6 is 0 Å². The Kier molecular flexibility index (Phi) is 6.34. The van der Waals surface area contributed by atoms with E-state index in [2.05, 4.69) is 10.1 Å². The number of esters is 1. The quantitative estimate of drug-likeness (QED) is 0.370. The van der Waals surface area contributed by atoms with E-state index in [1.165, 1.54) is 23.0 Å². The fraction of sp³-hybridized carbons (Fsp3) is 0.208. The lowest BCUT2D eigenvalue weighted by molar-refractivity contribution is 0.0527. The van der Waals surface area contributed by atoms with E-state index in [4.69, 9.17) is 4.74 Å². The minimum Gasteiger partial charge on any atom is -0.462 e. The second-order valence-corrected chi connectivity index (χ2v) is 9.46. The van der Waals surface area contributed by atoms with Gasteiger partial charge in [-0.05, 0) is 43.7 Å².